The number of alkyl halides is 1. The Morgan fingerprint density at radius 1 is 1.21 bits per heavy atom. The molecule has 9 nitrogen and oxygen atoms in total. The number of ether oxygens (including phenoxy) is 1. The molecule has 10 heteroatoms. The molecule has 8 atom stereocenters. The Kier molecular flexibility index (Phi) is 6.46. The quantitative estimate of drug-likeness (QED) is 0.323. The molecule has 4 aliphatic rings. The number of hydrazine groups is 1. The van der Waals surface area contributed by atoms with Crippen molar-refractivity contribution in [1.29, 1.82) is 0 Å². The van der Waals surface area contributed by atoms with Crippen LogP contribution in [0.25, 0.3) is 0 Å². The summed E-state index contributed by atoms with van der Waals surface area (Å²) in [4.78, 5) is 13.1. The second kappa shape index (κ2) is 8.86. The highest BCUT2D eigenvalue weighted by molar-refractivity contribution is 5.80. The Morgan fingerprint density at radius 3 is 2.82 bits per heavy atom. The van der Waals surface area contributed by atoms with E-state index in [4.69, 9.17) is 10.5 Å². The third-order valence-electron chi connectivity index (χ3n) is 6.78. The topological polar surface area (TPSA) is 116 Å². The lowest BCUT2D eigenvalue weighted by atomic mass is 9.77. The Labute approximate surface area is 165 Å². The van der Waals surface area contributed by atoms with E-state index in [-0.39, 0.29) is 37.4 Å². The summed E-state index contributed by atoms with van der Waals surface area (Å²) in [6.07, 6.45) is 1.53. The van der Waals surface area contributed by atoms with Crippen molar-refractivity contribution in [3.8, 4) is 0 Å². The van der Waals surface area contributed by atoms with Crippen LogP contribution in [0.3, 0.4) is 0 Å². The van der Waals surface area contributed by atoms with E-state index < -0.39 is 18.3 Å². The van der Waals surface area contributed by atoms with Crippen LogP contribution in [-0.2, 0) is 9.53 Å². The second-order valence-corrected chi connectivity index (χ2v) is 8.53. The van der Waals surface area contributed by atoms with Gasteiger partial charge in [-0.2, -0.15) is 0 Å². The highest BCUT2D eigenvalue weighted by Crippen LogP contribution is 2.30. The van der Waals surface area contributed by atoms with Gasteiger partial charge in [0, 0.05) is 39.3 Å². The fourth-order valence-corrected chi connectivity index (χ4v) is 5.28. The average Bonchev–Trinajstić information content (AvgIpc) is 3.03. The van der Waals surface area contributed by atoms with Crippen molar-refractivity contribution < 1.29 is 13.9 Å². The number of rotatable bonds is 4. The largest absolute Gasteiger partial charge is 0.367 e. The molecular formula is C18H34FN7O2. The molecule has 0 saturated carbocycles. The summed E-state index contributed by atoms with van der Waals surface area (Å²) in [5.74, 6) is 0.435. The summed E-state index contributed by atoms with van der Waals surface area (Å²) in [7, 11) is 1.73. The van der Waals surface area contributed by atoms with Gasteiger partial charge in [-0.1, -0.05) is 0 Å². The first-order valence-electron chi connectivity index (χ1n) is 10.5. The van der Waals surface area contributed by atoms with Crippen molar-refractivity contribution >= 4 is 5.91 Å². The first-order valence-corrected chi connectivity index (χ1v) is 10.5. The number of piperidine rings is 2. The van der Waals surface area contributed by atoms with Crippen LogP contribution in [0, 0.1) is 17.8 Å². The number of halogens is 1. The van der Waals surface area contributed by atoms with Crippen LogP contribution >= 0.6 is 0 Å². The molecule has 0 spiro atoms. The van der Waals surface area contributed by atoms with Crippen LogP contribution in [0.2, 0.25) is 0 Å². The molecule has 0 aromatic heterocycles. The van der Waals surface area contributed by atoms with Gasteiger partial charge in [-0.25, -0.2) is 14.8 Å². The Bertz CT molecular complexity index is 548. The van der Waals surface area contributed by atoms with Gasteiger partial charge < -0.3 is 21.1 Å². The zero-order valence-electron chi connectivity index (χ0n) is 16.5. The van der Waals surface area contributed by atoms with Crippen LogP contribution < -0.4 is 32.4 Å². The number of fused-ring (bicyclic) bond motifs is 1. The molecule has 4 aliphatic heterocycles. The van der Waals surface area contributed by atoms with Crippen LogP contribution in [0.5, 0.6) is 0 Å². The Hall–Kier alpha value is -0.880. The maximum atomic E-state index is 13.7. The molecule has 1 amide bonds. The van der Waals surface area contributed by atoms with E-state index >= 15 is 0 Å². The molecule has 0 aromatic carbocycles. The van der Waals surface area contributed by atoms with Crippen LogP contribution in [0.15, 0.2) is 0 Å². The Balaban J connectivity index is 1.38. The summed E-state index contributed by atoms with van der Waals surface area (Å²) in [6, 6.07) is 0.0749. The van der Waals surface area contributed by atoms with Crippen molar-refractivity contribution in [1.82, 2.24) is 31.7 Å². The van der Waals surface area contributed by atoms with E-state index in [9.17, 15) is 9.18 Å². The van der Waals surface area contributed by atoms with Crippen LogP contribution in [0.4, 0.5) is 4.39 Å². The monoisotopic (exact) mass is 399 g/mol. The van der Waals surface area contributed by atoms with E-state index in [1.165, 1.54) is 0 Å². The van der Waals surface area contributed by atoms with Crippen molar-refractivity contribution in [3.63, 3.8) is 0 Å². The SMILES string of the molecule is COC1CCC(C2CCNCC2NC(=O)C2C(N)NN3CC(F)CNC23)CN1. The highest BCUT2D eigenvalue weighted by Gasteiger charge is 2.48. The van der Waals surface area contributed by atoms with Gasteiger partial charge in [-0.05, 0) is 37.6 Å². The summed E-state index contributed by atoms with van der Waals surface area (Å²) < 4.78 is 19.1. The van der Waals surface area contributed by atoms with Gasteiger partial charge in [-0.15, -0.1) is 0 Å². The summed E-state index contributed by atoms with van der Waals surface area (Å²) in [5.41, 5.74) is 9.23. The molecule has 4 saturated heterocycles. The van der Waals surface area contributed by atoms with Crippen LogP contribution in [-0.4, -0.2) is 81.5 Å². The number of nitrogens with zero attached hydrogens (tertiary/aromatic N) is 1. The lowest BCUT2D eigenvalue weighted by Gasteiger charge is -2.41. The number of carbonyl (C=O) groups is 1. The van der Waals surface area contributed by atoms with E-state index in [1.807, 2.05) is 0 Å². The maximum Gasteiger partial charge on any atom is 0.229 e. The summed E-state index contributed by atoms with van der Waals surface area (Å²) >= 11 is 0. The third kappa shape index (κ3) is 4.18. The Morgan fingerprint density at radius 2 is 2.07 bits per heavy atom. The lowest BCUT2D eigenvalue weighted by molar-refractivity contribution is -0.128. The minimum Gasteiger partial charge on any atom is -0.367 e. The number of methoxy groups -OCH3 is 1. The molecule has 4 heterocycles. The first-order chi connectivity index (χ1) is 13.6. The number of nitrogens with one attached hydrogen (secondary N) is 5. The third-order valence-corrected chi connectivity index (χ3v) is 6.78. The second-order valence-electron chi connectivity index (χ2n) is 8.53. The normalized spacial score (nSPS) is 44.8. The van der Waals surface area contributed by atoms with Gasteiger partial charge in [0.25, 0.3) is 0 Å². The van der Waals surface area contributed by atoms with Crippen molar-refractivity contribution in [2.75, 3.05) is 39.8 Å². The first kappa shape index (κ1) is 20.4. The zero-order valence-corrected chi connectivity index (χ0v) is 16.5. The molecule has 8 unspecified atom stereocenters. The molecule has 7 N–H and O–H groups in total. The number of hydrogen-bond acceptors (Lipinski definition) is 8. The summed E-state index contributed by atoms with van der Waals surface area (Å²) in [6.45, 7) is 3.15. The predicted molar refractivity (Wildman–Crippen MR) is 102 cm³/mol. The molecule has 28 heavy (non-hydrogen) atoms. The maximum absolute atomic E-state index is 13.7. The van der Waals surface area contributed by atoms with Gasteiger partial charge in [-0.3, -0.25) is 15.4 Å². The van der Waals surface area contributed by atoms with Crippen LogP contribution in [0.1, 0.15) is 19.3 Å². The minimum absolute atomic E-state index is 0.0606. The van der Waals surface area contributed by atoms with E-state index in [2.05, 4.69) is 26.7 Å². The smallest absolute Gasteiger partial charge is 0.229 e. The van der Waals surface area contributed by atoms with Gasteiger partial charge >= 0.3 is 0 Å². The molecular weight excluding hydrogens is 365 g/mol. The molecule has 0 aromatic rings. The average molecular weight is 400 g/mol. The van der Waals surface area contributed by atoms with Gasteiger partial charge in [0.15, 0.2) is 0 Å². The minimum atomic E-state index is -0.959. The lowest BCUT2D eigenvalue weighted by Crippen LogP contribution is -2.61. The number of hydrogen-bond donors (Lipinski definition) is 6. The van der Waals surface area contributed by atoms with Crippen molar-refractivity contribution in [2.24, 2.45) is 23.5 Å². The number of carbonyl (C=O) groups excluding carboxylic acids is 1. The molecule has 0 radical (unpaired) electrons. The van der Waals surface area contributed by atoms with Crippen molar-refractivity contribution in [3.05, 3.63) is 0 Å². The van der Waals surface area contributed by atoms with Gasteiger partial charge in [0.1, 0.15) is 12.4 Å². The van der Waals surface area contributed by atoms with Gasteiger partial charge in [0.05, 0.1) is 18.2 Å². The molecule has 4 fully saturated rings. The predicted octanol–water partition coefficient (Wildman–Crippen LogP) is -1.96. The highest BCUT2D eigenvalue weighted by atomic mass is 19.1. The molecule has 0 bridgehead atoms. The summed E-state index contributed by atoms with van der Waals surface area (Å²) in [5, 5.41) is 15.0. The van der Waals surface area contributed by atoms with Gasteiger partial charge in [0.2, 0.25) is 5.91 Å². The fourth-order valence-electron chi connectivity index (χ4n) is 5.28. The number of nitrogens with two attached hydrogens (primary N) is 1. The van der Waals surface area contributed by atoms with E-state index in [0.717, 1.165) is 38.9 Å². The zero-order chi connectivity index (χ0) is 19.7. The standard InChI is InChI=1S/C18H34FN7O2/c1-28-14-3-2-10(6-22-14)12-4-5-21-8-13(12)24-18(27)15-16(20)25-26-9-11(19)7-23-17(15)26/h10-17,21-23,25H,2-9,20H2,1H3,(H,24,27). The van der Waals surface area contributed by atoms with Crippen molar-refractivity contribution in [2.45, 2.75) is 50.0 Å². The van der Waals surface area contributed by atoms with E-state index in [0.29, 0.717) is 11.8 Å². The van der Waals surface area contributed by atoms with E-state index in [1.54, 1.807) is 12.1 Å². The molecule has 160 valence electrons. The number of amides is 1. The molecule has 4 rings (SSSR count). The molecule has 0 aliphatic carbocycles. The fraction of sp³-hybridized carbons (Fsp3) is 0.944.